The second-order valence-electron chi connectivity index (χ2n) is 4.16. The molecule has 1 atom stereocenters. The van der Waals surface area contributed by atoms with E-state index in [0.29, 0.717) is 0 Å². The summed E-state index contributed by atoms with van der Waals surface area (Å²) in [6, 6.07) is 1.94. The molecule has 0 saturated heterocycles. The zero-order valence-electron chi connectivity index (χ0n) is 10.6. The van der Waals surface area contributed by atoms with Crippen molar-refractivity contribution in [3.63, 3.8) is 0 Å². The van der Waals surface area contributed by atoms with E-state index in [0.717, 1.165) is 0 Å². The Bertz CT molecular complexity index is 473. The second-order valence-corrected chi connectivity index (χ2v) is 4.16. The quantitative estimate of drug-likeness (QED) is 0.768. The molecule has 3 amide bonds. The predicted octanol–water partition coefficient (Wildman–Crippen LogP) is 0.458. The molecule has 3 N–H and O–H groups in total. The third kappa shape index (κ3) is 4.38. The number of hydrogen-bond donors (Lipinski definition) is 2. The molecule has 7 heteroatoms. The topological polar surface area (TPSA) is 111 Å². The molecule has 1 aromatic rings. The molecule has 0 radical (unpaired) electrons. The fourth-order valence-electron chi connectivity index (χ4n) is 1.36. The van der Waals surface area contributed by atoms with Crippen molar-refractivity contribution in [3.05, 3.63) is 30.1 Å². The van der Waals surface area contributed by atoms with Crippen LogP contribution in [0.2, 0.25) is 0 Å². The lowest BCUT2D eigenvalue weighted by atomic mass is 10.1. The maximum Gasteiger partial charge on any atom is 0.339 e. The summed E-state index contributed by atoms with van der Waals surface area (Å²) in [4.78, 5) is 37.9. The minimum atomic E-state index is -1.09. The lowest BCUT2D eigenvalue weighted by Gasteiger charge is -2.19. The van der Waals surface area contributed by atoms with Gasteiger partial charge in [-0.15, -0.1) is 0 Å². The highest BCUT2D eigenvalue weighted by Gasteiger charge is 2.27. The number of carbonyl (C=O) groups excluding carboxylic acids is 3. The Labute approximate surface area is 110 Å². The van der Waals surface area contributed by atoms with Crippen LogP contribution in [-0.4, -0.2) is 29.0 Å². The molecule has 0 bridgehead atoms. The Morgan fingerprint density at radius 1 is 1.26 bits per heavy atom. The largest absolute Gasteiger partial charge is 0.448 e. The van der Waals surface area contributed by atoms with Crippen LogP contribution in [0.5, 0.6) is 0 Å². The van der Waals surface area contributed by atoms with E-state index < -0.39 is 24.0 Å². The molecule has 1 rings (SSSR count). The Kier molecular flexibility index (Phi) is 4.99. The highest BCUT2D eigenvalue weighted by molar-refractivity contribution is 5.98. The lowest BCUT2D eigenvalue weighted by Crippen LogP contribution is -2.45. The van der Waals surface area contributed by atoms with Crippen molar-refractivity contribution in [1.29, 1.82) is 0 Å². The van der Waals surface area contributed by atoms with Gasteiger partial charge in [0.05, 0.1) is 5.56 Å². The van der Waals surface area contributed by atoms with Gasteiger partial charge in [0.2, 0.25) is 0 Å². The number of carbonyl (C=O) groups is 3. The Hall–Kier alpha value is -2.44. The molecule has 0 aliphatic carbocycles. The average molecular weight is 265 g/mol. The number of nitrogens with two attached hydrogens (primary N) is 1. The normalized spacial score (nSPS) is 11.7. The van der Waals surface area contributed by atoms with Crippen LogP contribution in [0.3, 0.4) is 0 Å². The first kappa shape index (κ1) is 14.6. The number of imide groups is 1. The standard InChI is InChI=1S/C12H15N3O4/c1-7(2)9(10(16)15-12(13)18)19-11(17)8-3-5-14-6-4-8/h3-7,9H,1-2H3,(H3,13,15,16,18). The number of nitrogens with one attached hydrogen (secondary N) is 1. The van der Waals surface area contributed by atoms with Crippen LogP contribution in [-0.2, 0) is 9.53 Å². The number of hydrogen-bond acceptors (Lipinski definition) is 5. The highest BCUT2D eigenvalue weighted by Crippen LogP contribution is 2.10. The molecular formula is C12H15N3O4. The van der Waals surface area contributed by atoms with Crippen LogP contribution >= 0.6 is 0 Å². The van der Waals surface area contributed by atoms with Gasteiger partial charge in [-0.05, 0) is 18.1 Å². The predicted molar refractivity (Wildman–Crippen MR) is 66.0 cm³/mol. The summed E-state index contributed by atoms with van der Waals surface area (Å²) in [6.45, 7) is 3.37. The fourth-order valence-corrected chi connectivity index (χ4v) is 1.36. The zero-order chi connectivity index (χ0) is 14.4. The number of aromatic nitrogens is 1. The van der Waals surface area contributed by atoms with Crippen LogP contribution < -0.4 is 11.1 Å². The van der Waals surface area contributed by atoms with Gasteiger partial charge in [0.25, 0.3) is 5.91 Å². The monoisotopic (exact) mass is 265 g/mol. The molecule has 1 unspecified atom stereocenters. The van der Waals surface area contributed by atoms with Crippen molar-refractivity contribution in [2.45, 2.75) is 20.0 Å². The van der Waals surface area contributed by atoms with E-state index in [1.165, 1.54) is 24.5 Å². The summed E-state index contributed by atoms with van der Waals surface area (Å²) in [5, 5.41) is 1.89. The molecule has 1 aromatic heterocycles. The van der Waals surface area contributed by atoms with E-state index in [1.807, 2.05) is 5.32 Å². The van der Waals surface area contributed by atoms with Crippen molar-refractivity contribution in [2.75, 3.05) is 0 Å². The summed E-state index contributed by atoms with van der Waals surface area (Å²) in [5.41, 5.74) is 5.12. The third-order valence-corrected chi connectivity index (χ3v) is 2.26. The van der Waals surface area contributed by atoms with Gasteiger partial charge in [0.1, 0.15) is 0 Å². The van der Waals surface area contributed by atoms with Crippen molar-refractivity contribution >= 4 is 17.9 Å². The Balaban J connectivity index is 2.77. The van der Waals surface area contributed by atoms with E-state index in [9.17, 15) is 14.4 Å². The molecule has 1 heterocycles. The number of urea groups is 1. The molecule has 0 aromatic carbocycles. The average Bonchev–Trinajstić information content (AvgIpc) is 2.35. The maximum atomic E-state index is 11.8. The van der Waals surface area contributed by atoms with Gasteiger partial charge >= 0.3 is 12.0 Å². The van der Waals surface area contributed by atoms with Crippen LogP contribution in [0.25, 0.3) is 0 Å². The van der Waals surface area contributed by atoms with Gasteiger partial charge in [-0.2, -0.15) is 0 Å². The maximum absolute atomic E-state index is 11.8. The van der Waals surface area contributed by atoms with Crippen LogP contribution in [0.1, 0.15) is 24.2 Å². The van der Waals surface area contributed by atoms with Crippen molar-refractivity contribution in [3.8, 4) is 0 Å². The first-order valence-corrected chi connectivity index (χ1v) is 5.63. The zero-order valence-corrected chi connectivity index (χ0v) is 10.6. The third-order valence-electron chi connectivity index (χ3n) is 2.26. The molecule has 7 nitrogen and oxygen atoms in total. The molecule has 0 fully saturated rings. The minimum Gasteiger partial charge on any atom is -0.448 e. The molecule has 0 saturated carbocycles. The number of rotatable bonds is 4. The van der Waals surface area contributed by atoms with E-state index in [2.05, 4.69) is 4.98 Å². The van der Waals surface area contributed by atoms with E-state index >= 15 is 0 Å². The van der Waals surface area contributed by atoms with Crippen LogP contribution in [0.15, 0.2) is 24.5 Å². The summed E-state index contributed by atoms with van der Waals surface area (Å²) < 4.78 is 5.07. The molecular weight excluding hydrogens is 250 g/mol. The van der Waals surface area contributed by atoms with Crippen LogP contribution in [0, 0.1) is 5.92 Å². The van der Waals surface area contributed by atoms with Crippen molar-refractivity contribution in [1.82, 2.24) is 10.3 Å². The van der Waals surface area contributed by atoms with Crippen molar-refractivity contribution < 1.29 is 19.1 Å². The molecule has 0 aliphatic heterocycles. The highest BCUT2D eigenvalue weighted by atomic mass is 16.5. The lowest BCUT2D eigenvalue weighted by molar-refractivity contribution is -0.130. The smallest absolute Gasteiger partial charge is 0.339 e. The number of esters is 1. The molecule has 102 valence electrons. The van der Waals surface area contributed by atoms with Gasteiger partial charge in [0.15, 0.2) is 6.10 Å². The summed E-state index contributed by atoms with van der Waals surface area (Å²) in [7, 11) is 0. The Morgan fingerprint density at radius 2 is 1.84 bits per heavy atom. The molecule has 0 aliphatic rings. The number of ether oxygens (including phenoxy) is 1. The number of pyridine rings is 1. The fraction of sp³-hybridized carbons (Fsp3) is 0.333. The number of primary amides is 1. The minimum absolute atomic E-state index is 0.271. The van der Waals surface area contributed by atoms with Gasteiger partial charge in [0, 0.05) is 12.4 Å². The SMILES string of the molecule is CC(C)C(OC(=O)c1ccncc1)C(=O)NC(N)=O. The summed E-state index contributed by atoms with van der Waals surface area (Å²) in [5.74, 6) is -1.71. The summed E-state index contributed by atoms with van der Waals surface area (Å²) in [6.07, 6.45) is 1.78. The van der Waals surface area contributed by atoms with E-state index in [-0.39, 0.29) is 11.5 Å². The first-order valence-electron chi connectivity index (χ1n) is 5.63. The molecule has 19 heavy (non-hydrogen) atoms. The van der Waals surface area contributed by atoms with Gasteiger partial charge < -0.3 is 10.5 Å². The van der Waals surface area contributed by atoms with Gasteiger partial charge in [-0.3, -0.25) is 15.1 Å². The van der Waals surface area contributed by atoms with Crippen LogP contribution in [0.4, 0.5) is 4.79 Å². The van der Waals surface area contributed by atoms with Gasteiger partial charge in [-0.25, -0.2) is 9.59 Å². The van der Waals surface area contributed by atoms with E-state index in [1.54, 1.807) is 13.8 Å². The first-order chi connectivity index (χ1) is 8.91. The van der Waals surface area contributed by atoms with Crippen molar-refractivity contribution in [2.24, 2.45) is 11.7 Å². The molecule has 0 spiro atoms. The van der Waals surface area contributed by atoms with E-state index in [4.69, 9.17) is 10.5 Å². The summed E-state index contributed by atoms with van der Waals surface area (Å²) >= 11 is 0. The number of amides is 3. The van der Waals surface area contributed by atoms with Gasteiger partial charge in [-0.1, -0.05) is 13.8 Å². The second kappa shape index (κ2) is 6.48. The Morgan fingerprint density at radius 3 is 2.32 bits per heavy atom. The number of nitrogens with zero attached hydrogens (tertiary/aromatic N) is 1.